The number of Topliss-reactive ketones (excluding diaryl/α,β-unsaturated/α-hetero) is 1. The predicted octanol–water partition coefficient (Wildman–Crippen LogP) is 3.04. The largest absolute Gasteiger partial charge is 0.298 e. The normalized spacial score (nSPS) is 14.8. The molecule has 1 aliphatic heterocycles. The van der Waals surface area contributed by atoms with Crippen molar-refractivity contribution in [3.63, 3.8) is 0 Å². The zero-order valence-corrected chi connectivity index (χ0v) is 14.4. The fourth-order valence-corrected chi connectivity index (χ4v) is 3.37. The number of fused-ring (bicyclic) bond motifs is 1. The van der Waals surface area contributed by atoms with Gasteiger partial charge < -0.3 is 0 Å². The van der Waals surface area contributed by atoms with Crippen LogP contribution in [-0.2, 0) is 11.2 Å². The Morgan fingerprint density at radius 2 is 1.88 bits per heavy atom. The van der Waals surface area contributed by atoms with Crippen LogP contribution in [0.25, 0.3) is 22.0 Å². The Morgan fingerprint density at radius 1 is 1.04 bits per heavy atom. The molecule has 0 radical (unpaired) electrons. The van der Waals surface area contributed by atoms with Gasteiger partial charge in [0.25, 0.3) is 0 Å². The molecule has 3 heterocycles. The van der Waals surface area contributed by atoms with Crippen LogP contribution in [0.1, 0.15) is 18.5 Å². The molecule has 5 nitrogen and oxygen atoms in total. The molecule has 6 heteroatoms. The summed E-state index contributed by atoms with van der Waals surface area (Å²) in [6.07, 6.45) is 5.42. The van der Waals surface area contributed by atoms with Gasteiger partial charge in [-0.3, -0.25) is 14.7 Å². The number of carbonyl (C=O) groups is 1. The number of hydrogen-bond acceptors (Lipinski definition) is 5. The monoisotopic (exact) mass is 350 g/mol. The zero-order chi connectivity index (χ0) is 17.9. The first kappa shape index (κ1) is 16.7. The van der Waals surface area contributed by atoms with E-state index in [1.54, 1.807) is 6.20 Å². The number of benzene rings is 1. The Morgan fingerprint density at radius 3 is 2.69 bits per heavy atom. The van der Waals surface area contributed by atoms with E-state index in [0.717, 1.165) is 29.6 Å². The molecule has 0 N–H and O–H groups in total. The van der Waals surface area contributed by atoms with Crippen LogP contribution in [-0.4, -0.2) is 45.5 Å². The number of ketones is 1. The summed E-state index contributed by atoms with van der Waals surface area (Å²) in [5, 5.41) is 9.27. The van der Waals surface area contributed by atoms with E-state index >= 15 is 0 Å². The van der Waals surface area contributed by atoms with Crippen LogP contribution in [0.2, 0.25) is 0 Å². The molecular weight excluding hydrogens is 331 g/mol. The molecule has 0 unspecified atom stereocenters. The molecule has 3 aromatic rings. The van der Waals surface area contributed by atoms with Gasteiger partial charge in [-0.05, 0) is 55.8 Å². The van der Waals surface area contributed by atoms with E-state index in [0.29, 0.717) is 17.8 Å². The van der Waals surface area contributed by atoms with Crippen LogP contribution in [0, 0.1) is 5.82 Å². The molecule has 0 aliphatic carbocycles. The minimum Gasteiger partial charge on any atom is -0.298 e. The Hall–Kier alpha value is -2.73. The van der Waals surface area contributed by atoms with E-state index in [4.69, 9.17) is 0 Å². The number of halogens is 1. The fourth-order valence-electron chi connectivity index (χ4n) is 3.37. The van der Waals surface area contributed by atoms with Crippen molar-refractivity contribution in [2.45, 2.75) is 19.3 Å². The number of hydrogen-bond donors (Lipinski definition) is 0. The van der Waals surface area contributed by atoms with Gasteiger partial charge in [0.05, 0.1) is 30.4 Å². The molecular formula is C20H19FN4O. The van der Waals surface area contributed by atoms with Crippen LogP contribution >= 0.6 is 0 Å². The maximum atomic E-state index is 13.4. The van der Waals surface area contributed by atoms with Gasteiger partial charge in [-0.1, -0.05) is 6.07 Å². The molecule has 0 bridgehead atoms. The first-order valence-corrected chi connectivity index (χ1v) is 8.79. The smallest absolute Gasteiger partial charge is 0.152 e. The maximum Gasteiger partial charge on any atom is 0.152 e. The lowest BCUT2D eigenvalue weighted by Crippen LogP contribution is -2.28. The summed E-state index contributed by atoms with van der Waals surface area (Å²) in [4.78, 5) is 18.4. The highest BCUT2D eigenvalue weighted by Gasteiger charge is 2.16. The van der Waals surface area contributed by atoms with Gasteiger partial charge in [-0.2, -0.15) is 10.2 Å². The Labute approximate surface area is 150 Å². The van der Waals surface area contributed by atoms with Gasteiger partial charge in [-0.15, -0.1) is 0 Å². The van der Waals surface area contributed by atoms with Crippen molar-refractivity contribution in [2.24, 2.45) is 0 Å². The highest BCUT2D eigenvalue weighted by Crippen LogP contribution is 2.23. The molecule has 4 rings (SSSR count). The van der Waals surface area contributed by atoms with E-state index in [2.05, 4.69) is 20.1 Å². The second-order valence-corrected chi connectivity index (χ2v) is 6.70. The molecule has 1 aromatic carbocycles. The van der Waals surface area contributed by atoms with Gasteiger partial charge in [0.2, 0.25) is 0 Å². The molecule has 0 saturated carbocycles. The van der Waals surface area contributed by atoms with Gasteiger partial charge in [0.1, 0.15) is 5.82 Å². The summed E-state index contributed by atoms with van der Waals surface area (Å²) in [5.74, 6) is -0.213. The highest BCUT2D eigenvalue weighted by atomic mass is 19.1. The van der Waals surface area contributed by atoms with Crippen molar-refractivity contribution < 1.29 is 9.18 Å². The summed E-state index contributed by atoms with van der Waals surface area (Å²) < 4.78 is 13.4. The summed E-state index contributed by atoms with van der Waals surface area (Å²) in [7, 11) is 0. The average Bonchev–Trinajstić information content (AvgIpc) is 3.14. The molecule has 132 valence electrons. The van der Waals surface area contributed by atoms with Crippen molar-refractivity contribution in [2.75, 3.05) is 19.6 Å². The molecule has 0 atom stereocenters. The minimum atomic E-state index is -0.372. The van der Waals surface area contributed by atoms with Crippen LogP contribution in [0.3, 0.4) is 0 Å². The van der Waals surface area contributed by atoms with Gasteiger partial charge >= 0.3 is 0 Å². The molecule has 2 aromatic heterocycles. The van der Waals surface area contributed by atoms with Gasteiger partial charge in [-0.25, -0.2) is 4.39 Å². The third-order valence-corrected chi connectivity index (χ3v) is 4.65. The summed E-state index contributed by atoms with van der Waals surface area (Å²) >= 11 is 0. The van der Waals surface area contributed by atoms with E-state index < -0.39 is 0 Å². The van der Waals surface area contributed by atoms with E-state index in [9.17, 15) is 9.18 Å². The van der Waals surface area contributed by atoms with E-state index in [-0.39, 0.29) is 18.0 Å². The predicted molar refractivity (Wildman–Crippen MR) is 97.1 cm³/mol. The Balaban J connectivity index is 1.56. The number of carbonyl (C=O) groups excluding carboxylic acids is 1. The average molecular weight is 350 g/mol. The van der Waals surface area contributed by atoms with Crippen LogP contribution in [0.15, 0.2) is 42.7 Å². The fraction of sp³-hybridized carbons (Fsp3) is 0.300. The summed E-state index contributed by atoms with van der Waals surface area (Å²) in [6, 6.07) is 8.97. The number of rotatable bonds is 5. The lowest BCUT2D eigenvalue weighted by atomic mass is 10.0. The molecule has 1 saturated heterocycles. The number of aromatic nitrogens is 3. The lowest BCUT2D eigenvalue weighted by molar-refractivity contribution is -0.119. The number of nitrogens with zero attached hydrogens (tertiary/aromatic N) is 4. The Bertz CT molecular complexity index is 953. The molecule has 1 fully saturated rings. The zero-order valence-electron chi connectivity index (χ0n) is 14.4. The molecule has 26 heavy (non-hydrogen) atoms. The van der Waals surface area contributed by atoms with Gasteiger partial charge in [0.15, 0.2) is 5.78 Å². The van der Waals surface area contributed by atoms with Crippen LogP contribution in [0.5, 0.6) is 0 Å². The lowest BCUT2D eigenvalue weighted by Gasteiger charge is -2.12. The third-order valence-electron chi connectivity index (χ3n) is 4.65. The van der Waals surface area contributed by atoms with Crippen molar-refractivity contribution in [1.82, 2.24) is 20.1 Å². The second-order valence-electron chi connectivity index (χ2n) is 6.70. The maximum absolute atomic E-state index is 13.4. The molecule has 0 spiro atoms. The standard InChI is InChI=1S/C20H19FN4O/c21-17-8-16(11-22-12-17)14-3-4-20-15(7-14)9-18(23-24-20)10-19(26)13-25-5-1-2-6-25/h3-4,7-9,11-12H,1-2,5-6,10,13H2. The van der Waals surface area contributed by atoms with Crippen molar-refractivity contribution in [3.05, 3.63) is 54.2 Å². The van der Waals surface area contributed by atoms with Crippen molar-refractivity contribution >= 4 is 16.7 Å². The summed E-state index contributed by atoms with van der Waals surface area (Å²) in [5.41, 5.74) is 2.97. The second kappa shape index (κ2) is 7.25. The summed E-state index contributed by atoms with van der Waals surface area (Å²) in [6.45, 7) is 2.48. The minimum absolute atomic E-state index is 0.158. The van der Waals surface area contributed by atoms with Gasteiger partial charge in [0, 0.05) is 17.1 Å². The molecule has 1 aliphatic rings. The van der Waals surface area contributed by atoms with Crippen LogP contribution in [0.4, 0.5) is 4.39 Å². The topological polar surface area (TPSA) is 59.0 Å². The molecule has 0 amide bonds. The van der Waals surface area contributed by atoms with Crippen molar-refractivity contribution in [1.29, 1.82) is 0 Å². The van der Waals surface area contributed by atoms with Crippen molar-refractivity contribution in [3.8, 4) is 11.1 Å². The highest BCUT2D eigenvalue weighted by molar-refractivity contribution is 5.86. The number of likely N-dealkylation sites (tertiary alicyclic amines) is 1. The first-order valence-electron chi connectivity index (χ1n) is 8.79. The quantitative estimate of drug-likeness (QED) is 0.708. The van der Waals surface area contributed by atoms with Crippen LogP contribution < -0.4 is 0 Å². The van der Waals surface area contributed by atoms with E-state index in [1.165, 1.54) is 25.1 Å². The van der Waals surface area contributed by atoms with E-state index in [1.807, 2.05) is 24.3 Å². The third kappa shape index (κ3) is 3.75. The SMILES string of the molecule is O=C(Cc1cc2cc(-c3cncc(F)c3)ccc2nn1)CN1CCCC1. The number of pyridine rings is 1. The Kier molecular flexibility index (Phi) is 4.67. The first-order chi connectivity index (χ1) is 12.7.